The van der Waals surface area contributed by atoms with Gasteiger partial charge in [0, 0.05) is 13.2 Å². The standard InChI is InChI=1S/C13H28O14P2.2HO2P/c1-3-5-7-23-9-12(26-28(16,17)18)8(22-6-4-2)10(24-14)11(25-15)13(9)27-29(19,20)21;2*1-3-2/h8-15H,3-7H2,1-2H3,(H2,16,17,18)(H2,19,20,21);2*(H,1,2)/p-8/t8?,9?,10-,11-,12+,13?;;/m1../s1. The van der Waals surface area contributed by atoms with Crippen LogP contribution in [0.15, 0.2) is 0 Å². The quantitative estimate of drug-likeness (QED) is 0.0837. The molecule has 1 aliphatic carbocycles. The molecule has 0 heterocycles. The minimum Gasteiger partial charge on any atom is -0.790 e. The van der Waals surface area contributed by atoms with Gasteiger partial charge in [-0.1, -0.05) is 20.3 Å². The van der Waals surface area contributed by atoms with E-state index in [1.54, 1.807) is 13.8 Å². The molecule has 0 bridgehead atoms. The molecule has 210 valence electrons. The third kappa shape index (κ3) is 15.8. The Labute approximate surface area is 203 Å². The maximum absolute atomic E-state index is 11.2. The zero-order valence-electron chi connectivity index (χ0n) is 18.1. The van der Waals surface area contributed by atoms with Crippen LogP contribution in [0.5, 0.6) is 0 Å². The summed E-state index contributed by atoms with van der Waals surface area (Å²) in [5.41, 5.74) is 0. The van der Waals surface area contributed by atoms with E-state index in [1.807, 2.05) is 0 Å². The van der Waals surface area contributed by atoms with Crippen molar-refractivity contribution in [3.63, 3.8) is 0 Å². The number of unbranched alkanes of at least 4 members (excludes halogenated alkanes) is 1. The van der Waals surface area contributed by atoms with Crippen LogP contribution in [-0.4, -0.2) is 49.8 Å². The van der Waals surface area contributed by atoms with E-state index in [0.29, 0.717) is 19.3 Å². The normalized spacial score (nSPS) is 27.0. The van der Waals surface area contributed by atoms with Crippen LogP contribution in [0.3, 0.4) is 0 Å². The Kier molecular flexibility index (Phi) is 21.4. The van der Waals surface area contributed by atoms with Gasteiger partial charge in [-0.25, -0.2) is 0 Å². The fourth-order valence-electron chi connectivity index (χ4n) is 2.88. The second-order valence-electron chi connectivity index (χ2n) is 6.33. The Bertz CT molecular complexity index is 650. The van der Waals surface area contributed by atoms with Gasteiger partial charge >= 0.3 is 0 Å². The van der Waals surface area contributed by atoms with Gasteiger partial charge in [-0.2, -0.15) is 0 Å². The molecule has 6 atom stereocenters. The fraction of sp³-hybridized carbons (Fsp3) is 1.00. The number of rotatable bonds is 13. The molecule has 0 saturated heterocycles. The lowest BCUT2D eigenvalue weighted by molar-refractivity contribution is -0.745. The van der Waals surface area contributed by atoms with E-state index in [4.69, 9.17) is 28.4 Å². The average Bonchev–Trinajstić information content (AvgIpc) is 2.73. The van der Waals surface area contributed by atoms with Crippen molar-refractivity contribution < 1.29 is 86.4 Å². The van der Waals surface area contributed by atoms with Crippen molar-refractivity contribution in [1.82, 2.24) is 0 Å². The molecule has 1 fully saturated rings. The number of phosphoric ester groups is 2. The predicted molar refractivity (Wildman–Crippen MR) is 94.6 cm³/mol. The smallest absolute Gasteiger partial charge is 0.120 e. The molecule has 0 aromatic rings. The highest BCUT2D eigenvalue weighted by atomic mass is 31.2. The van der Waals surface area contributed by atoms with Crippen molar-refractivity contribution in [1.29, 1.82) is 0 Å². The molecule has 0 spiro atoms. The first kappa shape index (κ1) is 37.3. The molecule has 1 saturated carbocycles. The van der Waals surface area contributed by atoms with Crippen molar-refractivity contribution in [2.75, 3.05) is 13.2 Å². The lowest BCUT2D eigenvalue weighted by Gasteiger charge is -2.54. The van der Waals surface area contributed by atoms with E-state index in [2.05, 4.69) is 18.8 Å². The molecule has 0 radical (unpaired) electrons. The third-order valence-corrected chi connectivity index (χ3v) is 4.99. The van der Waals surface area contributed by atoms with Gasteiger partial charge in [0.15, 0.2) is 0 Å². The van der Waals surface area contributed by atoms with Crippen LogP contribution < -0.4 is 39.9 Å². The number of ether oxygens (including phenoxy) is 2. The monoisotopic (exact) mass is 590 g/mol. The Hall–Kier alpha value is 0.1000. The number of phosphoric acid groups is 2. The van der Waals surface area contributed by atoms with Crippen molar-refractivity contribution >= 4 is 33.0 Å². The Morgan fingerprint density at radius 3 is 1.34 bits per heavy atom. The predicted octanol–water partition coefficient (Wildman–Crippen LogP) is -5.16. The van der Waals surface area contributed by atoms with Gasteiger partial charge in [-0.3, -0.25) is 9.13 Å². The molecule has 0 aromatic heterocycles. The number of hydrogen-bond donors (Lipinski definition) is 0. The first-order chi connectivity index (χ1) is 16.3. The molecule has 0 N–H and O–H groups in total. The summed E-state index contributed by atoms with van der Waals surface area (Å²) in [4.78, 5) is 69.2. The summed E-state index contributed by atoms with van der Waals surface area (Å²) in [6.07, 6.45) is -10.3. The van der Waals surface area contributed by atoms with Crippen molar-refractivity contribution in [2.45, 2.75) is 69.7 Å². The molecule has 22 heteroatoms. The molecule has 35 heavy (non-hydrogen) atoms. The van der Waals surface area contributed by atoms with Crippen molar-refractivity contribution in [2.24, 2.45) is 0 Å². The Balaban J connectivity index is 0. The average molecular weight is 590 g/mol. The van der Waals surface area contributed by atoms with Crippen LogP contribution >= 0.6 is 33.0 Å². The van der Waals surface area contributed by atoms with Crippen molar-refractivity contribution in [3.05, 3.63) is 0 Å². The van der Waals surface area contributed by atoms with E-state index in [-0.39, 0.29) is 13.2 Å². The highest BCUT2D eigenvalue weighted by Gasteiger charge is 2.54. The Morgan fingerprint density at radius 2 is 1.00 bits per heavy atom. The van der Waals surface area contributed by atoms with E-state index >= 15 is 0 Å². The summed E-state index contributed by atoms with van der Waals surface area (Å²) in [5.74, 6) is 0. The van der Waals surface area contributed by atoms with Crippen LogP contribution in [0.4, 0.5) is 0 Å². The molecule has 0 amide bonds. The number of hydrogen-bond acceptors (Lipinski definition) is 18. The zero-order valence-corrected chi connectivity index (χ0v) is 21.7. The highest BCUT2D eigenvalue weighted by Crippen LogP contribution is 2.42. The van der Waals surface area contributed by atoms with Gasteiger partial charge in [-0.05, 0) is 12.8 Å². The van der Waals surface area contributed by atoms with Crippen LogP contribution in [-0.2, 0) is 46.6 Å². The van der Waals surface area contributed by atoms with Gasteiger partial charge in [0.2, 0.25) is 0 Å². The maximum atomic E-state index is 11.2. The second-order valence-corrected chi connectivity index (χ2v) is 8.84. The molecule has 18 nitrogen and oxygen atoms in total. The van der Waals surface area contributed by atoms with Crippen LogP contribution in [0.2, 0.25) is 0 Å². The molecule has 0 aliphatic heterocycles. The molecular weight excluding hydrogens is 568 g/mol. The maximum Gasteiger partial charge on any atom is 0.120 e. The summed E-state index contributed by atoms with van der Waals surface area (Å²) < 4.78 is 58.5. The minimum absolute atomic E-state index is 0.0905. The van der Waals surface area contributed by atoms with E-state index in [1.165, 1.54) is 0 Å². The Morgan fingerprint density at radius 1 is 0.657 bits per heavy atom. The lowest BCUT2D eigenvalue weighted by Crippen LogP contribution is -2.69. The van der Waals surface area contributed by atoms with Gasteiger partial charge in [0.1, 0.15) is 36.6 Å². The summed E-state index contributed by atoms with van der Waals surface area (Å²) in [6, 6.07) is 0. The van der Waals surface area contributed by atoms with Crippen LogP contribution in [0.25, 0.3) is 0 Å². The van der Waals surface area contributed by atoms with Gasteiger partial charge in [0.05, 0.1) is 33.0 Å². The molecule has 1 aliphatic rings. The molecule has 0 aromatic carbocycles. The third-order valence-electron chi connectivity index (χ3n) is 3.99. The van der Waals surface area contributed by atoms with Gasteiger partial charge in [0.25, 0.3) is 0 Å². The molecular formula is C13H22O18P4-8. The molecule has 3 unspecified atom stereocenters. The fourth-order valence-corrected chi connectivity index (χ4v) is 3.95. The summed E-state index contributed by atoms with van der Waals surface area (Å²) in [5, 5.41) is 22.4. The first-order valence-electron chi connectivity index (χ1n) is 9.43. The highest BCUT2D eigenvalue weighted by molar-refractivity contribution is 7.43. The summed E-state index contributed by atoms with van der Waals surface area (Å²) >= 11 is 0. The summed E-state index contributed by atoms with van der Waals surface area (Å²) in [6.45, 7) is 3.22. The largest absolute Gasteiger partial charge is 0.790 e. The second kappa shape index (κ2) is 20.1. The van der Waals surface area contributed by atoms with Gasteiger partial charge in [-0.15, -0.1) is 0 Å². The van der Waals surface area contributed by atoms with Gasteiger partial charge < -0.3 is 77.3 Å². The van der Waals surface area contributed by atoms with Crippen LogP contribution in [0.1, 0.15) is 33.1 Å². The zero-order chi connectivity index (χ0) is 27.7. The van der Waals surface area contributed by atoms with E-state index < -0.39 is 69.6 Å². The minimum atomic E-state index is -5.79. The van der Waals surface area contributed by atoms with Crippen molar-refractivity contribution in [3.8, 4) is 0 Å². The lowest BCUT2D eigenvalue weighted by atomic mass is 9.84. The first-order valence-corrected chi connectivity index (χ1v) is 13.8. The SMILES string of the molecule is CCCCOC1C(OP(=O)([O-])[O-])[C@H](O[O-])[C@H](O[O-])C(OCCC)[C@@H]1OP(=O)([O-])[O-].O=P[O-].O=P[O-]. The topological polar surface area (TPSA) is 308 Å². The van der Waals surface area contributed by atoms with Crippen LogP contribution in [0, 0.1) is 0 Å². The molecule has 1 rings (SSSR count). The summed E-state index contributed by atoms with van der Waals surface area (Å²) in [7, 11) is -13.7. The van der Waals surface area contributed by atoms with E-state index in [9.17, 15) is 39.2 Å². The van der Waals surface area contributed by atoms with E-state index in [0.717, 1.165) is 0 Å².